The molecule has 2 aromatic carbocycles. The van der Waals surface area contributed by atoms with Crippen LogP contribution in [-0.2, 0) is 11.2 Å². The number of nitrogens with one attached hydrogen (secondary N) is 1. The van der Waals surface area contributed by atoms with Crippen LogP contribution in [0.1, 0.15) is 33.6 Å². The van der Waals surface area contributed by atoms with E-state index in [4.69, 9.17) is 0 Å². The summed E-state index contributed by atoms with van der Waals surface area (Å²) in [6.45, 7) is 0. The van der Waals surface area contributed by atoms with E-state index in [0.29, 0.717) is 17.1 Å². The van der Waals surface area contributed by atoms with Crippen LogP contribution in [0.4, 0.5) is 9.52 Å². The number of hydrogen-bond donors (Lipinski definition) is 1. The number of carbonyl (C=O) groups excluding carboxylic acids is 2. The van der Waals surface area contributed by atoms with Gasteiger partial charge in [-0.2, -0.15) is 0 Å². The van der Waals surface area contributed by atoms with E-state index < -0.39 is 0 Å². The average molecular weight is 368 g/mol. The normalized spacial score (nSPS) is 10.5. The van der Waals surface area contributed by atoms with Gasteiger partial charge >= 0.3 is 0 Å². The molecule has 0 bridgehead atoms. The summed E-state index contributed by atoms with van der Waals surface area (Å²) >= 11 is 1.37. The first-order valence-corrected chi connectivity index (χ1v) is 8.99. The number of halogens is 1. The molecule has 1 amide bonds. The highest BCUT2D eigenvalue weighted by Gasteiger charge is 2.11. The van der Waals surface area contributed by atoms with E-state index in [1.165, 1.54) is 23.5 Å². The number of nitrogens with zero attached hydrogens (tertiary/aromatic N) is 1. The van der Waals surface area contributed by atoms with Crippen molar-refractivity contribution in [2.75, 3.05) is 5.32 Å². The van der Waals surface area contributed by atoms with E-state index in [9.17, 15) is 14.0 Å². The van der Waals surface area contributed by atoms with E-state index in [1.54, 1.807) is 42.6 Å². The third kappa shape index (κ3) is 5.07. The van der Waals surface area contributed by atoms with Crippen LogP contribution in [0.25, 0.3) is 0 Å². The molecule has 0 unspecified atom stereocenters. The van der Waals surface area contributed by atoms with Gasteiger partial charge in [0.15, 0.2) is 10.9 Å². The van der Waals surface area contributed by atoms with Crippen molar-refractivity contribution in [3.05, 3.63) is 82.6 Å². The van der Waals surface area contributed by atoms with Gasteiger partial charge < -0.3 is 5.32 Å². The minimum atomic E-state index is -0.268. The molecule has 1 heterocycles. The largest absolute Gasteiger partial charge is 0.302 e. The van der Waals surface area contributed by atoms with Gasteiger partial charge in [0.2, 0.25) is 5.91 Å². The number of Topliss-reactive ketones (excluding diaryl/α,β-unsaturated/α-hetero) is 1. The summed E-state index contributed by atoms with van der Waals surface area (Å²) in [6, 6.07) is 15.2. The zero-order chi connectivity index (χ0) is 18.4. The van der Waals surface area contributed by atoms with E-state index >= 15 is 0 Å². The zero-order valence-electron chi connectivity index (χ0n) is 13.9. The van der Waals surface area contributed by atoms with Crippen LogP contribution in [0.3, 0.4) is 0 Å². The molecule has 132 valence electrons. The molecule has 1 N–H and O–H groups in total. The van der Waals surface area contributed by atoms with Crippen LogP contribution < -0.4 is 5.32 Å². The molecule has 0 spiro atoms. The summed E-state index contributed by atoms with van der Waals surface area (Å²) in [6.07, 6.45) is 2.59. The Kier molecular flexibility index (Phi) is 5.86. The van der Waals surface area contributed by atoms with Gasteiger partial charge in [-0.1, -0.05) is 42.5 Å². The minimum absolute atomic E-state index is 0.0584. The lowest BCUT2D eigenvalue weighted by molar-refractivity contribution is -0.116. The molecular formula is C20H17FN2O2S. The molecule has 0 saturated carbocycles. The fraction of sp³-hybridized carbons (Fsp3) is 0.150. The molecule has 0 fully saturated rings. The van der Waals surface area contributed by atoms with Crippen molar-refractivity contribution >= 4 is 28.2 Å². The quantitative estimate of drug-likeness (QED) is 0.626. The zero-order valence-corrected chi connectivity index (χ0v) is 14.8. The summed E-state index contributed by atoms with van der Waals surface area (Å²) < 4.78 is 12.9. The van der Waals surface area contributed by atoms with Gasteiger partial charge in [-0.15, -0.1) is 11.3 Å². The summed E-state index contributed by atoms with van der Waals surface area (Å²) in [4.78, 5) is 29.2. The first-order chi connectivity index (χ1) is 12.6. The predicted octanol–water partition coefficient (Wildman–Crippen LogP) is 4.47. The van der Waals surface area contributed by atoms with Crippen molar-refractivity contribution in [1.29, 1.82) is 0 Å². The van der Waals surface area contributed by atoms with Crippen molar-refractivity contribution in [3.63, 3.8) is 0 Å². The predicted molar refractivity (Wildman–Crippen MR) is 100.0 cm³/mol. The molecule has 0 aliphatic rings. The lowest BCUT2D eigenvalue weighted by Crippen LogP contribution is -2.13. The van der Waals surface area contributed by atoms with Crippen molar-refractivity contribution in [2.45, 2.75) is 19.3 Å². The van der Waals surface area contributed by atoms with Crippen LogP contribution in [-0.4, -0.2) is 16.7 Å². The number of benzene rings is 2. The topological polar surface area (TPSA) is 59.1 Å². The maximum Gasteiger partial charge on any atom is 0.226 e. The second-order valence-electron chi connectivity index (χ2n) is 5.77. The Labute approximate surface area is 154 Å². The van der Waals surface area contributed by atoms with E-state index in [2.05, 4.69) is 10.3 Å². The lowest BCUT2D eigenvalue weighted by Gasteiger charge is -2.02. The first kappa shape index (κ1) is 17.9. The van der Waals surface area contributed by atoms with Crippen molar-refractivity contribution in [3.8, 4) is 0 Å². The average Bonchev–Trinajstić information content (AvgIpc) is 3.09. The summed E-state index contributed by atoms with van der Waals surface area (Å²) in [7, 11) is 0. The molecule has 26 heavy (non-hydrogen) atoms. The molecule has 0 aliphatic carbocycles. The van der Waals surface area contributed by atoms with Gasteiger partial charge in [0.25, 0.3) is 0 Å². The maximum absolute atomic E-state index is 12.9. The van der Waals surface area contributed by atoms with Gasteiger partial charge in [-0.05, 0) is 17.7 Å². The fourth-order valence-electron chi connectivity index (χ4n) is 2.43. The molecular weight excluding hydrogens is 351 g/mol. The Morgan fingerprint density at radius 1 is 1.00 bits per heavy atom. The molecule has 1 aromatic heterocycles. The molecule has 3 rings (SSSR count). The van der Waals surface area contributed by atoms with Crippen LogP contribution in [0, 0.1) is 5.82 Å². The van der Waals surface area contributed by atoms with Gasteiger partial charge in [0.05, 0.1) is 0 Å². The molecule has 0 aliphatic heterocycles. The third-order valence-corrected chi connectivity index (χ3v) is 4.68. The number of anilines is 1. The SMILES string of the molecule is O=C(CCC(=O)c1ccccc1)Nc1ncc(Cc2ccc(F)cc2)s1. The van der Waals surface area contributed by atoms with Gasteiger partial charge in [-0.3, -0.25) is 9.59 Å². The lowest BCUT2D eigenvalue weighted by atomic mass is 10.1. The van der Waals surface area contributed by atoms with Gasteiger partial charge in [-0.25, -0.2) is 9.37 Å². The first-order valence-electron chi connectivity index (χ1n) is 8.17. The molecule has 0 radical (unpaired) electrons. The number of rotatable bonds is 7. The smallest absolute Gasteiger partial charge is 0.226 e. The highest BCUT2D eigenvalue weighted by Crippen LogP contribution is 2.21. The standard InChI is InChI=1S/C20H17FN2O2S/c21-16-8-6-14(7-9-16)12-17-13-22-20(26-17)23-19(25)11-10-18(24)15-4-2-1-3-5-15/h1-9,13H,10-12H2,(H,22,23,25). The van der Waals surface area contributed by atoms with Crippen LogP contribution in [0.15, 0.2) is 60.8 Å². The molecule has 3 aromatic rings. The Hall–Kier alpha value is -2.86. The number of ketones is 1. The summed E-state index contributed by atoms with van der Waals surface area (Å²) in [5.41, 5.74) is 1.58. The highest BCUT2D eigenvalue weighted by molar-refractivity contribution is 7.15. The number of aromatic nitrogens is 1. The number of thiazole rings is 1. The summed E-state index contributed by atoms with van der Waals surface area (Å²) in [5.74, 6) is -0.565. The Morgan fingerprint density at radius 2 is 1.73 bits per heavy atom. The van der Waals surface area contributed by atoms with E-state index in [-0.39, 0.29) is 30.3 Å². The minimum Gasteiger partial charge on any atom is -0.302 e. The monoisotopic (exact) mass is 368 g/mol. The van der Waals surface area contributed by atoms with Crippen molar-refractivity contribution < 1.29 is 14.0 Å². The Bertz CT molecular complexity index is 892. The molecule has 0 atom stereocenters. The maximum atomic E-state index is 12.9. The third-order valence-electron chi connectivity index (χ3n) is 3.77. The molecule has 6 heteroatoms. The van der Waals surface area contributed by atoms with Crippen LogP contribution in [0.5, 0.6) is 0 Å². The molecule has 0 saturated heterocycles. The Balaban J connectivity index is 1.49. The number of amides is 1. The van der Waals surface area contributed by atoms with Crippen LogP contribution >= 0.6 is 11.3 Å². The highest BCUT2D eigenvalue weighted by atomic mass is 32.1. The van der Waals surface area contributed by atoms with Crippen LogP contribution in [0.2, 0.25) is 0 Å². The summed E-state index contributed by atoms with van der Waals surface area (Å²) in [5, 5.41) is 3.22. The van der Waals surface area contributed by atoms with Crippen molar-refractivity contribution in [1.82, 2.24) is 4.98 Å². The number of carbonyl (C=O) groups is 2. The van der Waals surface area contributed by atoms with E-state index in [1.807, 2.05) is 6.07 Å². The molecule has 4 nitrogen and oxygen atoms in total. The van der Waals surface area contributed by atoms with Gasteiger partial charge in [0, 0.05) is 35.9 Å². The van der Waals surface area contributed by atoms with Crippen molar-refractivity contribution in [2.24, 2.45) is 0 Å². The van der Waals surface area contributed by atoms with E-state index in [0.717, 1.165) is 10.4 Å². The second kappa shape index (κ2) is 8.49. The number of hydrogen-bond acceptors (Lipinski definition) is 4. The second-order valence-corrected chi connectivity index (χ2v) is 6.89. The Morgan fingerprint density at radius 3 is 2.46 bits per heavy atom. The fourth-order valence-corrected chi connectivity index (χ4v) is 3.29. The van der Waals surface area contributed by atoms with Gasteiger partial charge in [0.1, 0.15) is 5.82 Å².